The number of hydrogen-bond donors (Lipinski definition) is 2. The Morgan fingerprint density at radius 3 is 2.41 bits per heavy atom. The third kappa shape index (κ3) is 5.11. The maximum atomic E-state index is 13.5. The van der Waals surface area contributed by atoms with Crippen LogP contribution in [0.3, 0.4) is 0 Å². The van der Waals surface area contributed by atoms with Crippen molar-refractivity contribution in [2.45, 2.75) is 87.2 Å². The van der Waals surface area contributed by atoms with Crippen molar-refractivity contribution in [1.82, 2.24) is 5.32 Å². The summed E-state index contributed by atoms with van der Waals surface area (Å²) in [6.45, 7) is 2.67. The summed E-state index contributed by atoms with van der Waals surface area (Å²) in [5.74, 6) is 3.08. The minimum Gasteiger partial charge on any atom is -0.310 e. The van der Waals surface area contributed by atoms with Gasteiger partial charge in [-0.25, -0.2) is 10.0 Å². The first-order chi connectivity index (χ1) is 15.2. The first-order valence-electron chi connectivity index (χ1n) is 12.3. The van der Waals surface area contributed by atoms with E-state index in [0.717, 1.165) is 24.0 Å². The number of carbonyl (C=O) groups is 1. The van der Waals surface area contributed by atoms with Crippen molar-refractivity contribution < 1.29 is 17.8 Å². The summed E-state index contributed by atoms with van der Waals surface area (Å²) in [6.07, 6.45) is 11.6. The molecule has 1 aromatic carbocycles. The van der Waals surface area contributed by atoms with E-state index in [9.17, 15) is 17.8 Å². The van der Waals surface area contributed by atoms with Gasteiger partial charge in [0.2, 0.25) is 0 Å². The fraction of sp³-hybridized carbons (Fsp3) is 0.720. The van der Waals surface area contributed by atoms with Gasteiger partial charge in [-0.15, -0.1) is 0 Å². The Balaban J connectivity index is 1.67. The molecule has 3 fully saturated rings. The molecule has 0 radical (unpaired) electrons. The van der Waals surface area contributed by atoms with Crippen molar-refractivity contribution in [3.63, 3.8) is 0 Å². The summed E-state index contributed by atoms with van der Waals surface area (Å²) >= 11 is 0. The van der Waals surface area contributed by atoms with Crippen molar-refractivity contribution in [2.75, 3.05) is 24.3 Å². The predicted octanol–water partition coefficient (Wildman–Crippen LogP) is 5.21. The lowest BCUT2D eigenvalue weighted by atomic mass is 9.79. The van der Waals surface area contributed by atoms with E-state index in [1.807, 2.05) is 6.07 Å². The van der Waals surface area contributed by atoms with E-state index in [0.29, 0.717) is 25.3 Å². The van der Waals surface area contributed by atoms with Crippen LogP contribution in [0.25, 0.3) is 0 Å². The Hall–Kier alpha value is -0.890. The predicted molar refractivity (Wildman–Crippen MR) is 134 cm³/mol. The van der Waals surface area contributed by atoms with E-state index in [4.69, 9.17) is 0 Å². The molecule has 32 heavy (non-hydrogen) atoms. The molecule has 4 rings (SSSR count). The number of nitrogens with one attached hydrogen (secondary N) is 1. The van der Waals surface area contributed by atoms with Crippen molar-refractivity contribution in [3.05, 3.63) is 34.9 Å². The van der Waals surface area contributed by atoms with E-state index in [1.54, 1.807) is 0 Å². The van der Waals surface area contributed by atoms with Crippen molar-refractivity contribution in [2.24, 2.45) is 0 Å². The zero-order chi connectivity index (χ0) is 22.9. The van der Waals surface area contributed by atoms with Gasteiger partial charge < -0.3 is 5.32 Å². The van der Waals surface area contributed by atoms with E-state index >= 15 is 0 Å². The van der Waals surface area contributed by atoms with E-state index in [1.165, 1.54) is 49.2 Å². The highest BCUT2D eigenvalue weighted by Gasteiger charge is 2.36. The van der Waals surface area contributed by atoms with E-state index in [-0.39, 0.29) is 17.1 Å². The lowest BCUT2D eigenvalue weighted by Gasteiger charge is -2.37. The Kier molecular flexibility index (Phi) is 7.40. The first kappa shape index (κ1) is 24.2. The second-order valence-corrected chi connectivity index (χ2v) is 16.2. The van der Waals surface area contributed by atoms with Gasteiger partial charge >= 0.3 is 0 Å². The number of ketones is 1. The lowest BCUT2D eigenvalue weighted by Crippen LogP contribution is -2.38. The van der Waals surface area contributed by atoms with Crippen LogP contribution in [0.1, 0.15) is 98.2 Å². The smallest absolute Gasteiger partial charge is 0.267 e. The Morgan fingerprint density at radius 2 is 1.75 bits per heavy atom. The summed E-state index contributed by atoms with van der Waals surface area (Å²) < 4.78 is 33.4. The summed E-state index contributed by atoms with van der Waals surface area (Å²) in [7, 11) is -4.97. The molecule has 0 aromatic heterocycles. The zero-order valence-electron chi connectivity index (χ0n) is 19.5. The van der Waals surface area contributed by atoms with Gasteiger partial charge in [-0.1, -0.05) is 31.4 Å². The highest BCUT2D eigenvalue weighted by atomic mass is 32.3. The van der Waals surface area contributed by atoms with Crippen LogP contribution >= 0.6 is 10.0 Å². The summed E-state index contributed by atoms with van der Waals surface area (Å²) in [5.41, 5.74) is 3.11. The molecular formula is C25H39NO4S2. The standard InChI is InChI=1S/C25H39NO4S2/c1-18(31(2)14-6-7-15-31)25(27)20-10-11-22(19-8-4-3-5-9-19)23(16-20)24-17-21(12-13-26-24)32(28,29)30/h10-11,16,18-19,21,24,26H,3-9,12-15,17H2,1-2H3,(H,28,29,30). The molecule has 0 spiro atoms. The van der Waals surface area contributed by atoms with Crippen LogP contribution in [0.4, 0.5) is 0 Å². The van der Waals surface area contributed by atoms with Crippen LogP contribution < -0.4 is 5.32 Å². The fourth-order valence-electron chi connectivity index (χ4n) is 6.02. The summed E-state index contributed by atoms with van der Waals surface area (Å²) in [4.78, 5) is 13.5. The van der Waals surface area contributed by atoms with Gasteiger partial charge in [-0.2, -0.15) is 8.42 Å². The quantitative estimate of drug-likeness (QED) is 0.430. The average molecular weight is 482 g/mol. The topological polar surface area (TPSA) is 83.5 Å². The van der Waals surface area contributed by atoms with Crippen LogP contribution in [0.5, 0.6) is 0 Å². The lowest BCUT2D eigenvalue weighted by molar-refractivity contribution is 0.0992. The van der Waals surface area contributed by atoms with Gasteiger partial charge in [0.1, 0.15) is 0 Å². The Bertz CT molecular complexity index is 933. The van der Waals surface area contributed by atoms with Crippen LogP contribution in [0, 0.1) is 0 Å². The van der Waals surface area contributed by atoms with E-state index in [2.05, 4.69) is 30.6 Å². The molecule has 3 aliphatic rings. The highest BCUT2D eigenvalue weighted by molar-refractivity contribution is 8.34. The number of hydrogen-bond acceptors (Lipinski definition) is 4. The normalized spacial score (nSPS) is 28.8. The molecule has 1 aliphatic carbocycles. The summed E-state index contributed by atoms with van der Waals surface area (Å²) in [5, 5.41) is 2.81. The molecule has 0 amide bonds. The first-order valence-corrected chi connectivity index (χ1v) is 16.2. The molecule has 2 aliphatic heterocycles. The number of piperidine rings is 1. The summed E-state index contributed by atoms with van der Waals surface area (Å²) in [6, 6.07) is 6.08. The number of benzene rings is 1. The highest BCUT2D eigenvalue weighted by Crippen LogP contribution is 2.55. The SMILES string of the molecule is CC(C(=O)c1ccc(C2CCCCC2)c(C2CC(S(=O)(=O)O)CCN2)c1)S1(C)CCCC1. The number of carbonyl (C=O) groups excluding carboxylic acids is 1. The monoisotopic (exact) mass is 481 g/mol. The van der Waals surface area contributed by atoms with E-state index < -0.39 is 25.4 Å². The van der Waals surface area contributed by atoms with Gasteiger partial charge in [0.05, 0.1) is 5.25 Å². The molecule has 7 heteroatoms. The molecule has 5 nitrogen and oxygen atoms in total. The van der Waals surface area contributed by atoms with Crippen LogP contribution in [-0.4, -0.2) is 53.6 Å². The second-order valence-electron chi connectivity index (χ2n) is 10.3. The van der Waals surface area contributed by atoms with Crippen LogP contribution in [-0.2, 0) is 10.1 Å². The second kappa shape index (κ2) is 9.77. The third-order valence-corrected chi connectivity index (χ3v) is 13.9. The molecule has 180 valence electrons. The maximum Gasteiger partial charge on any atom is 0.267 e. The van der Waals surface area contributed by atoms with Gasteiger partial charge in [-0.05, 0) is 92.9 Å². The molecule has 0 bridgehead atoms. The van der Waals surface area contributed by atoms with Gasteiger partial charge in [-0.3, -0.25) is 9.35 Å². The van der Waals surface area contributed by atoms with Gasteiger partial charge in [0.25, 0.3) is 10.1 Å². The molecule has 1 saturated carbocycles. The average Bonchev–Trinajstić information content (AvgIpc) is 3.25. The van der Waals surface area contributed by atoms with Crippen molar-refractivity contribution in [3.8, 4) is 0 Å². The molecule has 2 N–H and O–H groups in total. The number of Topliss-reactive ketones (excluding diaryl/α,β-unsaturated/α-hetero) is 1. The molecule has 1 aromatic rings. The Labute approximate surface area is 195 Å². The molecular weight excluding hydrogens is 442 g/mol. The third-order valence-electron chi connectivity index (χ3n) is 8.26. The zero-order valence-corrected chi connectivity index (χ0v) is 21.1. The van der Waals surface area contributed by atoms with Gasteiger partial charge in [0.15, 0.2) is 5.78 Å². The number of rotatable bonds is 6. The maximum absolute atomic E-state index is 13.5. The van der Waals surface area contributed by atoms with Gasteiger partial charge in [0, 0.05) is 16.9 Å². The van der Waals surface area contributed by atoms with Crippen molar-refractivity contribution in [1.29, 1.82) is 0 Å². The van der Waals surface area contributed by atoms with Crippen LogP contribution in [0.15, 0.2) is 18.2 Å². The minimum absolute atomic E-state index is 0.0586. The Morgan fingerprint density at radius 1 is 1.06 bits per heavy atom. The van der Waals surface area contributed by atoms with Crippen molar-refractivity contribution >= 4 is 25.9 Å². The molecule has 3 unspecified atom stereocenters. The largest absolute Gasteiger partial charge is 0.310 e. The minimum atomic E-state index is -4.07. The molecule has 2 saturated heterocycles. The van der Waals surface area contributed by atoms with Crippen LogP contribution in [0.2, 0.25) is 0 Å². The molecule has 2 heterocycles. The fourth-order valence-corrected chi connectivity index (χ4v) is 10.2. The molecule has 3 atom stereocenters.